The lowest BCUT2D eigenvalue weighted by molar-refractivity contribution is -1.04. The van der Waals surface area contributed by atoms with Gasteiger partial charge in [0.1, 0.15) is 24.9 Å². The van der Waals surface area contributed by atoms with Crippen molar-refractivity contribution in [3.8, 4) is 5.75 Å². The summed E-state index contributed by atoms with van der Waals surface area (Å²) in [5, 5.41) is 32.9. The van der Waals surface area contributed by atoms with Gasteiger partial charge >= 0.3 is 6.09 Å². The minimum Gasteiger partial charge on any atom is -0.467 e. The van der Waals surface area contributed by atoms with Gasteiger partial charge in [0.05, 0.1) is 6.10 Å². The molecule has 0 saturated carbocycles. The number of hydrogen-bond acceptors (Lipinski definition) is 6. The molecule has 1 aromatic carbocycles. The number of aliphatic hydroxyl groups excluding tert-OH is 1. The number of nitrogens with one attached hydrogen (secondary N) is 1. The van der Waals surface area contributed by atoms with Crippen LogP contribution < -0.4 is 10.1 Å². The van der Waals surface area contributed by atoms with E-state index in [0.717, 1.165) is 11.1 Å². The van der Waals surface area contributed by atoms with E-state index in [1.807, 2.05) is 27.7 Å². The van der Waals surface area contributed by atoms with E-state index in [2.05, 4.69) is 5.32 Å². The molecule has 0 bridgehead atoms. The zero-order valence-electron chi connectivity index (χ0n) is 18.9. The Labute approximate surface area is 183 Å². The quantitative estimate of drug-likeness (QED) is 0.292. The van der Waals surface area contributed by atoms with Crippen LogP contribution in [0.3, 0.4) is 0 Å². The maximum Gasteiger partial charge on any atom is 0.547 e. The first kappa shape index (κ1) is 25.1. The van der Waals surface area contributed by atoms with E-state index in [9.17, 15) is 25.0 Å². The molecular weight excluding hydrogens is 404 g/mol. The summed E-state index contributed by atoms with van der Waals surface area (Å²) in [4.78, 5) is 24.6. The molecule has 1 aliphatic rings. The molecule has 0 aliphatic carbocycles. The lowest BCUT2D eigenvalue weighted by Gasteiger charge is -2.27. The number of quaternary nitrogens is 1. The van der Waals surface area contributed by atoms with E-state index in [1.54, 1.807) is 19.2 Å². The molecule has 9 heteroatoms. The average molecular weight is 440 g/mol. The Morgan fingerprint density at radius 2 is 1.77 bits per heavy atom. The first-order valence-electron chi connectivity index (χ1n) is 10.6. The molecule has 0 aromatic heterocycles. The molecule has 0 radical (unpaired) electrons. The number of hydroxylamine groups is 3. The predicted molar refractivity (Wildman–Crippen MR) is 113 cm³/mol. The van der Waals surface area contributed by atoms with Gasteiger partial charge in [0.15, 0.2) is 6.79 Å². The smallest absolute Gasteiger partial charge is 0.467 e. The fourth-order valence-corrected chi connectivity index (χ4v) is 3.82. The number of ether oxygens (including phenoxy) is 2. The molecule has 4 N–H and O–H groups in total. The van der Waals surface area contributed by atoms with Crippen LogP contribution in [0.4, 0.5) is 4.79 Å². The van der Waals surface area contributed by atoms with Crippen molar-refractivity contribution < 1.29 is 39.1 Å². The van der Waals surface area contributed by atoms with Crippen LogP contribution in [0, 0.1) is 0 Å². The van der Waals surface area contributed by atoms with Gasteiger partial charge in [-0.15, -0.1) is 0 Å². The third-order valence-corrected chi connectivity index (χ3v) is 5.64. The Morgan fingerprint density at radius 1 is 1.19 bits per heavy atom. The van der Waals surface area contributed by atoms with E-state index in [1.165, 1.54) is 0 Å². The standard InChI is InChI=1S/C22H34N2O7/c1-13(2)16-9-15(10-17(14(3)4)20(16)31-12-30-5)21(26)23-18-11-24(29,22(27)28)8-6-7-19(18)25/h9-10,13-14,18-19,25,29H,6-8,11-12H2,1-5H3,(H-,23,26,27,28)/p+1/t18-,19-,24?/m1/s1. The summed E-state index contributed by atoms with van der Waals surface area (Å²) in [6.07, 6.45) is -1.74. The maximum atomic E-state index is 13.1. The molecule has 174 valence electrons. The highest BCUT2D eigenvalue weighted by molar-refractivity contribution is 5.95. The van der Waals surface area contributed by atoms with E-state index < -0.39 is 28.8 Å². The molecule has 0 spiro atoms. The predicted octanol–water partition coefficient (Wildman–Crippen LogP) is 3.05. The number of methoxy groups -OCH3 is 1. The summed E-state index contributed by atoms with van der Waals surface area (Å²) in [6, 6.07) is 2.60. The van der Waals surface area contributed by atoms with Gasteiger partial charge in [-0.3, -0.25) is 4.79 Å². The van der Waals surface area contributed by atoms with E-state index in [0.29, 0.717) is 17.7 Å². The Kier molecular flexibility index (Phi) is 8.41. The molecular formula is C22H35N2O7+. The van der Waals surface area contributed by atoms with Gasteiger partial charge < -0.3 is 25.0 Å². The lowest BCUT2D eigenvalue weighted by Crippen LogP contribution is -2.58. The highest BCUT2D eigenvalue weighted by Crippen LogP contribution is 2.36. The SMILES string of the molecule is COCOc1c(C(C)C)cc(C(=O)N[C@@H]2C[N+](O)(C(=O)O)CCC[C@H]2O)cc1C(C)C. The van der Waals surface area contributed by atoms with Crippen molar-refractivity contribution in [1.29, 1.82) is 0 Å². The molecule has 9 nitrogen and oxygen atoms in total. The van der Waals surface area contributed by atoms with Crippen molar-refractivity contribution in [2.75, 3.05) is 27.0 Å². The van der Waals surface area contributed by atoms with Gasteiger partial charge in [0.2, 0.25) is 0 Å². The van der Waals surface area contributed by atoms with Gasteiger partial charge in [-0.05, 0) is 41.5 Å². The minimum absolute atomic E-state index is 0.0285. The third-order valence-electron chi connectivity index (χ3n) is 5.64. The molecule has 1 heterocycles. The Hall–Kier alpha value is -2.20. The number of carbonyl (C=O) groups excluding carboxylic acids is 1. The van der Waals surface area contributed by atoms with E-state index in [4.69, 9.17) is 9.47 Å². The number of likely N-dealkylation sites (tertiary alicyclic amines) is 1. The van der Waals surface area contributed by atoms with Crippen LogP contribution >= 0.6 is 0 Å². The second-order valence-corrected chi connectivity index (χ2v) is 8.75. The third kappa shape index (κ3) is 5.94. The Morgan fingerprint density at radius 3 is 2.26 bits per heavy atom. The van der Waals surface area contributed by atoms with Gasteiger partial charge in [0, 0.05) is 19.1 Å². The number of aliphatic hydroxyl groups is 1. The summed E-state index contributed by atoms with van der Waals surface area (Å²) in [5.41, 5.74) is 2.10. The average Bonchev–Trinajstić information content (AvgIpc) is 2.84. The Balaban J connectivity index is 2.38. The highest BCUT2D eigenvalue weighted by atomic mass is 16.7. The summed E-state index contributed by atoms with van der Waals surface area (Å²) in [6.45, 7) is 7.75. The van der Waals surface area contributed by atoms with Crippen LogP contribution in [-0.2, 0) is 4.74 Å². The fraction of sp³-hybridized carbons (Fsp3) is 0.636. The van der Waals surface area contributed by atoms with Crippen molar-refractivity contribution in [3.05, 3.63) is 28.8 Å². The second-order valence-electron chi connectivity index (χ2n) is 8.75. The topological polar surface area (TPSA) is 125 Å². The molecule has 2 rings (SSSR count). The fourth-order valence-electron chi connectivity index (χ4n) is 3.82. The number of hydrogen-bond donors (Lipinski definition) is 4. The first-order chi connectivity index (χ1) is 14.5. The maximum absolute atomic E-state index is 13.1. The zero-order chi connectivity index (χ0) is 23.3. The largest absolute Gasteiger partial charge is 0.547 e. The molecule has 31 heavy (non-hydrogen) atoms. The van der Waals surface area contributed by atoms with Gasteiger partial charge in [-0.25, -0.2) is 5.21 Å². The van der Waals surface area contributed by atoms with Gasteiger partial charge in [-0.1, -0.05) is 32.3 Å². The molecule has 1 saturated heterocycles. The lowest BCUT2D eigenvalue weighted by atomic mass is 9.91. The second kappa shape index (κ2) is 10.4. The molecule has 2 amide bonds. The zero-order valence-corrected chi connectivity index (χ0v) is 18.9. The summed E-state index contributed by atoms with van der Waals surface area (Å²) >= 11 is 0. The minimum atomic E-state index is -1.41. The van der Waals surface area contributed by atoms with E-state index >= 15 is 0 Å². The van der Waals surface area contributed by atoms with Gasteiger partial charge in [-0.2, -0.15) is 4.79 Å². The van der Waals surface area contributed by atoms with Crippen molar-refractivity contribution >= 4 is 12.0 Å². The Bertz CT molecular complexity index is 767. The van der Waals surface area contributed by atoms with Crippen molar-refractivity contribution in [1.82, 2.24) is 5.32 Å². The molecule has 1 fully saturated rings. The molecule has 1 aliphatic heterocycles. The van der Waals surface area contributed by atoms with Crippen molar-refractivity contribution in [3.63, 3.8) is 0 Å². The monoisotopic (exact) mass is 439 g/mol. The normalized spacial score (nSPS) is 24.2. The molecule has 3 atom stereocenters. The molecule has 1 aromatic rings. The van der Waals surface area contributed by atoms with Crippen molar-refractivity contribution in [2.45, 2.75) is 64.5 Å². The van der Waals surface area contributed by atoms with Crippen LogP contribution in [-0.4, -0.2) is 71.2 Å². The number of carboxylic acid groups (broad SMARTS) is 1. The summed E-state index contributed by atoms with van der Waals surface area (Å²) < 4.78 is 9.63. The summed E-state index contributed by atoms with van der Waals surface area (Å²) in [7, 11) is 1.54. The molecule has 1 unspecified atom stereocenters. The van der Waals surface area contributed by atoms with Crippen LogP contribution in [0.2, 0.25) is 0 Å². The van der Waals surface area contributed by atoms with Crippen LogP contribution in [0.1, 0.15) is 73.9 Å². The van der Waals surface area contributed by atoms with Crippen LogP contribution in [0.25, 0.3) is 0 Å². The van der Waals surface area contributed by atoms with Crippen LogP contribution in [0.15, 0.2) is 12.1 Å². The summed E-state index contributed by atoms with van der Waals surface area (Å²) in [5.74, 6) is 0.406. The van der Waals surface area contributed by atoms with Crippen LogP contribution in [0.5, 0.6) is 5.75 Å². The number of nitrogens with zero attached hydrogens (tertiary/aromatic N) is 1. The van der Waals surface area contributed by atoms with E-state index in [-0.39, 0.29) is 38.1 Å². The highest BCUT2D eigenvalue weighted by Gasteiger charge is 2.43. The number of rotatable bonds is 7. The van der Waals surface area contributed by atoms with Gasteiger partial charge in [0.25, 0.3) is 5.91 Å². The van der Waals surface area contributed by atoms with Crippen molar-refractivity contribution in [2.24, 2.45) is 0 Å². The first-order valence-corrected chi connectivity index (χ1v) is 10.6. The number of amides is 2. The number of carbonyl (C=O) groups is 2. The number of benzene rings is 1.